The quantitative estimate of drug-likeness (QED) is 0.446. The van der Waals surface area contributed by atoms with Gasteiger partial charge in [0, 0.05) is 6.54 Å². The standard InChI is InChI=1S/C5H8BN/c7-4-5-2-1-3-6-5/h1-3,6H,4,7H2. The lowest BCUT2D eigenvalue weighted by Crippen LogP contribution is -2.05. The molecule has 36 valence electrons. The average Bonchev–Trinajstić information content (AvgIpc) is 2.14. The first-order valence-corrected chi connectivity index (χ1v) is 2.48. The first-order valence-electron chi connectivity index (χ1n) is 2.48. The summed E-state index contributed by atoms with van der Waals surface area (Å²) in [7, 11) is 1.07. The number of hydrogen-bond acceptors (Lipinski definition) is 1. The van der Waals surface area contributed by atoms with Gasteiger partial charge in [-0.2, -0.15) is 0 Å². The van der Waals surface area contributed by atoms with E-state index in [0.717, 1.165) is 7.28 Å². The van der Waals surface area contributed by atoms with Gasteiger partial charge in [0.1, 0.15) is 0 Å². The van der Waals surface area contributed by atoms with Crippen LogP contribution in [-0.4, -0.2) is 13.8 Å². The zero-order chi connectivity index (χ0) is 5.11. The van der Waals surface area contributed by atoms with Gasteiger partial charge in [0.05, 0.1) is 0 Å². The summed E-state index contributed by atoms with van der Waals surface area (Å²) in [6.07, 6.45) is 4.11. The highest BCUT2D eigenvalue weighted by molar-refractivity contribution is 6.52. The maximum Gasteiger partial charge on any atom is 0.179 e. The van der Waals surface area contributed by atoms with Crippen molar-refractivity contribution in [2.24, 2.45) is 5.73 Å². The molecule has 0 bridgehead atoms. The SMILES string of the molecule is NCC1=CC=CB1. The molecule has 1 rings (SSSR count). The van der Waals surface area contributed by atoms with Crippen LogP contribution in [0.25, 0.3) is 0 Å². The Morgan fingerprint density at radius 1 is 1.71 bits per heavy atom. The normalized spacial score (nSPS) is 16.4. The molecule has 1 aliphatic rings. The highest BCUT2D eigenvalue weighted by atomic mass is 14.5. The highest BCUT2D eigenvalue weighted by Gasteiger charge is 1.94. The van der Waals surface area contributed by atoms with E-state index in [0.29, 0.717) is 6.54 Å². The Kier molecular flexibility index (Phi) is 1.32. The molecule has 0 spiro atoms. The van der Waals surface area contributed by atoms with E-state index in [4.69, 9.17) is 5.73 Å². The molecule has 1 aliphatic heterocycles. The molecule has 0 aromatic carbocycles. The minimum absolute atomic E-state index is 0.715. The molecule has 7 heavy (non-hydrogen) atoms. The Morgan fingerprint density at radius 2 is 2.57 bits per heavy atom. The molecule has 0 radical (unpaired) electrons. The van der Waals surface area contributed by atoms with Crippen LogP contribution < -0.4 is 5.73 Å². The molecule has 0 aromatic rings. The third-order valence-corrected chi connectivity index (χ3v) is 1.11. The van der Waals surface area contributed by atoms with Crippen LogP contribution in [0.2, 0.25) is 0 Å². The smallest absolute Gasteiger partial charge is 0.179 e. The van der Waals surface area contributed by atoms with Gasteiger partial charge in [0.2, 0.25) is 0 Å². The molecular weight excluding hydrogens is 84.9 g/mol. The lowest BCUT2D eigenvalue weighted by Gasteiger charge is -1.87. The lowest BCUT2D eigenvalue weighted by molar-refractivity contribution is 1.23. The second kappa shape index (κ2) is 1.98. The van der Waals surface area contributed by atoms with E-state index in [9.17, 15) is 0 Å². The maximum atomic E-state index is 5.33. The number of allylic oxidation sites excluding steroid dienone is 2. The summed E-state index contributed by atoms with van der Waals surface area (Å²) in [6, 6.07) is 0. The van der Waals surface area contributed by atoms with Crippen LogP contribution in [0, 0.1) is 0 Å². The molecule has 0 unspecified atom stereocenters. The van der Waals surface area contributed by atoms with Gasteiger partial charge in [-0.05, 0) is 0 Å². The Morgan fingerprint density at radius 3 is 2.86 bits per heavy atom. The summed E-state index contributed by atoms with van der Waals surface area (Å²) < 4.78 is 0. The Labute approximate surface area is 44.1 Å². The van der Waals surface area contributed by atoms with Gasteiger partial charge < -0.3 is 5.73 Å². The van der Waals surface area contributed by atoms with E-state index in [1.165, 1.54) is 5.47 Å². The van der Waals surface area contributed by atoms with Crippen molar-refractivity contribution in [2.45, 2.75) is 0 Å². The fourth-order valence-electron chi connectivity index (χ4n) is 0.643. The molecule has 0 atom stereocenters. The zero-order valence-corrected chi connectivity index (χ0v) is 4.22. The fourth-order valence-corrected chi connectivity index (χ4v) is 0.643. The first kappa shape index (κ1) is 4.66. The topological polar surface area (TPSA) is 26.0 Å². The van der Waals surface area contributed by atoms with E-state index in [-0.39, 0.29) is 0 Å². The maximum absolute atomic E-state index is 5.33. The molecule has 1 nitrogen and oxygen atoms in total. The van der Waals surface area contributed by atoms with E-state index in [1.807, 2.05) is 6.08 Å². The lowest BCUT2D eigenvalue weighted by atomic mass is 9.73. The molecule has 2 N–H and O–H groups in total. The van der Waals surface area contributed by atoms with Crippen LogP contribution >= 0.6 is 0 Å². The van der Waals surface area contributed by atoms with Gasteiger partial charge in [0.25, 0.3) is 0 Å². The second-order valence-corrected chi connectivity index (χ2v) is 1.66. The molecule has 0 fully saturated rings. The Balaban J connectivity index is 2.45. The third kappa shape index (κ3) is 0.935. The molecule has 0 aliphatic carbocycles. The van der Waals surface area contributed by atoms with Crippen molar-refractivity contribution in [3.63, 3.8) is 0 Å². The van der Waals surface area contributed by atoms with Gasteiger partial charge in [-0.3, -0.25) is 0 Å². The Bertz CT molecular complexity index is 115. The predicted molar refractivity (Wildman–Crippen MR) is 33.4 cm³/mol. The molecule has 0 saturated heterocycles. The number of rotatable bonds is 1. The van der Waals surface area contributed by atoms with E-state index < -0.39 is 0 Å². The van der Waals surface area contributed by atoms with Crippen molar-refractivity contribution in [2.75, 3.05) is 6.54 Å². The van der Waals surface area contributed by atoms with Crippen LogP contribution in [0.1, 0.15) is 0 Å². The van der Waals surface area contributed by atoms with Crippen molar-refractivity contribution < 1.29 is 0 Å². The summed E-state index contributed by atoms with van der Waals surface area (Å²) >= 11 is 0. The molecule has 0 amide bonds. The fraction of sp³-hybridized carbons (Fsp3) is 0.200. The summed E-state index contributed by atoms with van der Waals surface area (Å²) in [5.74, 6) is 2.11. The van der Waals surface area contributed by atoms with Crippen molar-refractivity contribution in [3.8, 4) is 0 Å². The minimum Gasteiger partial charge on any atom is -0.328 e. The average molecular weight is 92.9 g/mol. The first-order chi connectivity index (χ1) is 3.43. The summed E-state index contributed by atoms with van der Waals surface area (Å²) in [6.45, 7) is 0.715. The van der Waals surface area contributed by atoms with Crippen LogP contribution in [-0.2, 0) is 0 Å². The largest absolute Gasteiger partial charge is 0.328 e. The van der Waals surface area contributed by atoms with Crippen molar-refractivity contribution >= 4 is 7.28 Å². The van der Waals surface area contributed by atoms with Crippen LogP contribution in [0.3, 0.4) is 0 Å². The summed E-state index contributed by atoms with van der Waals surface area (Å²) in [5, 5.41) is 0. The van der Waals surface area contributed by atoms with Gasteiger partial charge >= 0.3 is 0 Å². The molecular formula is C5H8BN. The summed E-state index contributed by atoms with van der Waals surface area (Å²) in [5.41, 5.74) is 6.66. The minimum atomic E-state index is 0.715. The zero-order valence-electron chi connectivity index (χ0n) is 4.22. The monoisotopic (exact) mass is 93.1 g/mol. The van der Waals surface area contributed by atoms with E-state index in [2.05, 4.69) is 12.1 Å². The van der Waals surface area contributed by atoms with Crippen LogP contribution in [0.4, 0.5) is 0 Å². The van der Waals surface area contributed by atoms with Gasteiger partial charge in [-0.15, -0.1) is 5.98 Å². The van der Waals surface area contributed by atoms with E-state index in [1.54, 1.807) is 0 Å². The molecule has 0 aromatic heterocycles. The molecule has 1 heterocycles. The van der Waals surface area contributed by atoms with Crippen molar-refractivity contribution in [3.05, 3.63) is 23.6 Å². The van der Waals surface area contributed by atoms with E-state index >= 15 is 0 Å². The van der Waals surface area contributed by atoms with Crippen molar-refractivity contribution in [1.29, 1.82) is 0 Å². The predicted octanol–water partition coefficient (Wildman–Crippen LogP) is -0.207. The second-order valence-electron chi connectivity index (χ2n) is 1.66. The highest BCUT2D eigenvalue weighted by Crippen LogP contribution is 1.96. The third-order valence-electron chi connectivity index (χ3n) is 1.11. The summed E-state index contributed by atoms with van der Waals surface area (Å²) in [4.78, 5) is 0. The van der Waals surface area contributed by atoms with Gasteiger partial charge in [-0.25, -0.2) is 0 Å². The van der Waals surface area contributed by atoms with Gasteiger partial charge in [-0.1, -0.05) is 17.6 Å². The number of hydrogen-bond donors (Lipinski definition) is 1. The molecule has 2 heteroatoms. The number of nitrogens with two attached hydrogens (primary N) is 1. The van der Waals surface area contributed by atoms with Crippen molar-refractivity contribution in [1.82, 2.24) is 0 Å². The van der Waals surface area contributed by atoms with Crippen LogP contribution in [0.15, 0.2) is 23.6 Å². The van der Waals surface area contributed by atoms with Gasteiger partial charge in [0.15, 0.2) is 7.28 Å². The Hall–Kier alpha value is -0.495. The molecule has 0 saturated carbocycles. The van der Waals surface area contributed by atoms with Crippen LogP contribution in [0.5, 0.6) is 0 Å².